The molecule has 1 aromatic rings. The maximum absolute atomic E-state index is 13.9. The van der Waals surface area contributed by atoms with Crippen LogP contribution in [0.25, 0.3) is 0 Å². The van der Waals surface area contributed by atoms with Gasteiger partial charge in [0, 0.05) is 6.54 Å². The fourth-order valence-electron chi connectivity index (χ4n) is 1.73. The first-order valence-corrected chi connectivity index (χ1v) is 6.12. The molecule has 0 saturated heterocycles. The van der Waals surface area contributed by atoms with Crippen LogP contribution in [0.2, 0.25) is 0 Å². The van der Waals surface area contributed by atoms with E-state index in [0.717, 1.165) is 0 Å². The molecule has 0 spiro atoms. The number of hydrogen-bond donors (Lipinski definition) is 0. The van der Waals surface area contributed by atoms with Crippen LogP contribution in [0.15, 0.2) is 18.2 Å². The van der Waals surface area contributed by atoms with Crippen molar-refractivity contribution in [3.8, 4) is 0 Å². The number of carbonyl (C=O) groups excluding carboxylic acids is 2. The highest BCUT2D eigenvalue weighted by Crippen LogP contribution is 2.14. The van der Waals surface area contributed by atoms with Crippen LogP contribution in [0.5, 0.6) is 0 Å². The average Bonchev–Trinajstić information content (AvgIpc) is 2.40. The second kappa shape index (κ2) is 6.87. The Bertz CT molecular complexity index is 474. The zero-order valence-corrected chi connectivity index (χ0v) is 11.4. The molecular weight excluding hydrogens is 249 g/mol. The maximum Gasteiger partial charge on any atom is 0.325 e. The van der Waals surface area contributed by atoms with Crippen molar-refractivity contribution < 1.29 is 18.7 Å². The zero-order chi connectivity index (χ0) is 14.4. The summed E-state index contributed by atoms with van der Waals surface area (Å²) in [5.74, 6) is -1.55. The Kier molecular flexibility index (Phi) is 5.48. The van der Waals surface area contributed by atoms with E-state index >= 15 is 0 Å². The molecule has 0 aliphatic heterocycles. The molecule has 104 valence electrons. The summed E-state index contributed by atoms with van der Waals surface area (Å²) in [6.45, 7) is 3.68. The van der Waals surface area contributed by atoms with E-state index in [0.29, 0.717) is 18.5 Å². The molecule has 0 bridgehead atoms. The largest absolute Gasteiger partial charge is 0.468 e. The summed E-state index contributed by atoms with van der Waals surface area (Å²) >= 11 is 0. The van der Waals surface area contributed by atoms with Gasteiger partial charge in [-0.2, -0.15) is 0 Å². The van der Waals surface area contributed by atoms with E-state index < -0.39 is 17.7 Å². The maximum atomic E-state index is 13.9. The van der Waals surface area contributed by atoms with Crippen LogP contribution < -0.4 is 0 Å². The highest BCUT2D eigenvalue weighted by Gasteiger charge is 2.21. The molecule has 5 heteroatoms. The molecule has 0 aliphatic carbocycles. The molecule has 0 fully saturated rings. The normalized spacial score (nSPS) is 10.1. The Hall–Kier alpha value is -1.91. The SMILES string of the molecule is CCCN(CC(=O)OC)C(=O)c1cccc(C)c1F. The van der Waals surface area contributed by atoms with Crippen LogP contribution in [0, 0.1) is 12.7 Å². The molecular formula is C14H18FNO3. The number of benzene rings is 1. The second-order valence-corrected chi connectivity index (χ2v) is 4.24. The van der Waals surface area contributed by atoms with Crippen LogP contribution in [-0.2, 0) is 9.53 Å². The summed E-state index contributed by atoms with van der Waals surface area (Å²) < 4.78 is 18.4. The number of aryl methyl sites for hydroxylation is 1. The standard InChI is InChI=1S/C14H18FNO3/c1-4-8-16(9-12(17)19-3)14(18)11-7-5-6-10(2)13(11)15/h5-7H,4,8-9H2,1-3H3. The molecule has 0 N–H and O–H groups in total. The monoisotopic (exact) mass is 267 g/mol. The molecule has 1 aromatic carbocycles. The van der Waals surface area contributed by atoms with E-state index in [-0.39, 0.29) is 12.1 Å². The minimum Gasteiger partial charge on any atom is -0.468 e. The van der Waals surface area contributed by atoms with Crippen LogP contribution in [0.1, 0.15) is 29.3 Å². The van der Waals surface area contributed by atoms with E-state index in [2.05, 4.69) is 4.74 Å². The van der Waals surface area contributed by atoms with Gasteiger partial charge in [-0.3, -0.25) is 9.59 Å². The van der Waals surface area contributed by atoms with Gasteiger partial charge >= 0.3 is 5.97 Å². The van der Waals surface area contributed by atoms with Crippen molar-refractivity contribution in [2.45, 2.75) is 20.3 Å². The Morgan fingerprint density at radius 3 is 2.63 bits per heavy atom. The summed E-state index contributed by atoms with van der Waals surface area (Å²) in [4.78, 5) is 24.8. The van der Waals surface area contributed by atoms with E-state index in [1.165, 1.54) is 18.1 Å². The summed E-state index contributed by atoms with van der Waals surface area (Å²) in [5, 5.41) is 0. The number of halogens is 1. The van der Waals surface area contributed by atoms with Gasteiger partial charge in [0.2, 0.25) is 0 Å². The van der Waals surface area contributed by atoms with Gasteiger partial charge in [0.05, 0.1) is 12.7 Å². The first kappa shape index (κ1) is 15.1. The van der Waals surface area contributed by atoms with Crippen molar-refractivity contribution >= 4 is 11.9 Å². The van der Waals surface area contributed by atoms with Crippen molar-refractivity contribution in [2.75, 3.05) is 20.2 Å². The third kappa shape index (κ3) is 3.77. The highest BCUT2D eigenvalue weighted by atomic mass is 19.1. The zero-order valence-electron chi connectivity index (χ0n) is 11.4. The molecule has 0 aromatic heterocycles. The molecule has 0 aliphatic rings. The summed E-state index contributed by atoms with van der Waals surface area (Å²) in [7, 11) is 1.25. The number of carbonyl (C=O) groups is 2. The van der Waals surface area contributed by atoms with Gasteiger partial charge in [-0.15, -0.1) is 0 Å². The number of ether oxygens (including phenoxy) is 1. The predicted octanol–water partition coefficient (Wildman–Crippen LogP) is 2.16. The van der Waals surface area contributed by atoms with Gasteiger partial charge < -0.3 is 9.64 Å². The van der Waals surface area contributed by atoms with E-state index in [1.807, 2.05) is 6.92 Å². The number of rotatable bonds is 5. The number of hydrogen-bond acceptors (Lipinski definition) is 3. The quantitative estimate of drug-likeness (QED) is 0.768. The summed E-state index contributed by atoms with van der Waals surface area (Å²) in [5.41, 5.74) is 0.387. The predicted molar refractivity (Wildman–Crippen MR) is 69.3 cm³/mol. The van der Waals surface area contributed by atoms with Crippen molar-refractivity contribution in [3.63, 3.8) is 0 Å². The number of nitrogens with zero attached hydrogens (tertiary/aromatic N) is 1. The first-order valence-electron chi connectivity index (χ1n) is 6.12. The molecule has 0 heterocycles. The van der Waals surface area contributed by atoms with Crippen molar-refractivity contribution in [2.24, 2.45) is 0 Å². The molecule has 1 rings (SSSR count). The first-order chi connectivity index (χ1) is 9.01. The lowest BCUT2D eigenvalue weighted by atomic mass is 10.1. The molecule has 0 radical (unpaired) electrons. The van der Waals surface area contributed by atoms with Gasteiger partial charge in [0.1, 0.15) is 12.4 Å². The van der Waals surface area contributed by atoms with Crippen molar-refractivity contribution in [3.05, 3.63) is 35.1 Å². The molecule has 0 unspecified atom stereocenters. The fraction of sp³-hybridized carbons (Fsp3) is 0.429. The Labute approximate surface area is 112 Å². The van der Waals surface area contributed by atoms with E-state index in [4.69, 9.17) is 0 Å². The lowest BCUT2D eigenvalue weighted by Crippen LogP contribution is -2.37. The average molecular weight is 267 g/mol. The summed E-state index contributed by atoms with van der Waals surface area (Å²) in [6, 6.07) is 4.63. The Morgan fingerprint density at radius 1 is 1.37 bits per heavy atom. The molecule has 0 atom stereocenters. The smallest absolute Gasteiger partial charge is 0.325 e. The van der Waals surface area contributed by atoms with E-state index in [9.17, 15) is 14.0 Å². The van der Waals surface area contributed by atoms with Crippen LogP contribution >= 0.6 is 0 Å². The van der Waals surface area contributed by atoms with Gasteiger partial charge in [-0.25, -0.2) is 4.39 Å². The number of esters is 1. The number of methoxy groups -OCH3 is 1. The van der Waals surface area contributed by atoms with Crippen molar-refractivity contribution in [1.29, 1.82) is 0 Å². The second-order valence-electron chi connectivity index (χ2n) is 4.24. The summed E-state index contributed by atoms with van der Waals surface area (Å²) in [6.07, 6.45) is 0.677. The van der Waals surface area contributed by atoms with Crippen LogP contribution in [0.4, 0.5) is 4.39 Å². The van der Waals surface area contributed by atoms with Gasteiger partial charge in [-0.1, -0.05) is 19.1 Å². The van der Waals surface area contributed by atoms with Gasteiger partial charge in [-0.05, 0) is 25.0 Å². The minimum atomic E-state index is -0.543. The number of amides is 1. The highest BCUT2D eigenvalue weighted by molar-refractivity contribution is 5.96. The van der Waals surface area contributed by atoms with Crippen LogP contribution in [0.3, 0.4) is 0 Å². The van der Waals surface area contributed by atoms with Gasteiger partial charge in [0.15, 0.2) is 0 Å². The molecule has 0 saturated carbocycles. The molecule has 19 heavy (non-hydrogen) atoms. The molecule has 4 nitrogen and oxygen atoms in total. The van der Waals surface area contributed by atoms with Gasteiger partial charge in [0.25, 0.3) is 5.91 Å². The van der Waals surface area contributed by atoms with Crippen LogP contribution in [-0.4, -0.2) is 37.0 Å². The van der Waals surface area contributed by atoms with E-state index in [1.54, 1.807) is 19.1 Å². The fourth-order valence-corrected chi connectivity index (χ4v) is 1.73. The third-order valence-electron chi connectivity index (χ3n) is 2.75. The third-order valence-corrected chi connectivity index (χ3v) is 2.75. The van der Waals surface area contributed by atoms with Crippen molar-refractivity contribution in [1.82, 2.24) is 4.90 Å². The Balaban J connectivity index is 2.98. The topological polar surface area (TPSA) is 46.6 Å². The lowest BCUT2D eigenvalue weighted by molar-refractivity contribution is -0.141. The Morgan fingerprint density at radius 2 is 2.05 bits per heavy atom. The molecule has 1 amide bonds. The lowest BCUT2D eigenvalue weighted by Gasteiger charge is -2.21. The minimum absolute atomic E-state index is 0.0163.